The summed E-state index contributed by atoms with van der Waals surface area (Å²) < 4.78 is 1.97. The van der Waals surface area contributed by atoms with Gasteiger partial charge in [-0.25, -0.2) is 0 Å². The van der Waals surface area contributed by atoms with Crippen LogP contribution in [0.15, 0.2) is 53.7 Å². The molecule has 1 aromatic heterocycles. The fourth-order valence-electron chi connectivity index (χ4n) is 2.59. The molecule has 26 heavy (non-hydrogen) atoms. The lowest BCUT2D eigenvalue weighted by molar-refractivity contribution is -0.115. The van der Waals surface area contributed by atoms with E-state index in [1.165, 1.54) is 17.3 Å². The summed E-state index contributed by atoms with van der Waals surface area (Å²) in [6.07, 6.45) is 0. The second kappa shape index (κ2) is 7.74. The quantitative estimate of drug-likeness (QED) is 0.684. The van der Waals surface area contributed by atoms with Crippen molar-refractivity contribution in [2.24, 2.45) is 0 Å². The van der Waals surface area contributed by atoms with Gasteiger partial charge in [0.1, 0.15) is 5.82 Å². The number of nitrogens with zero attached hydrogens (tertiary/aromatic N) is 3. The molecule has 0 radical (unpaired) electrons. The van der Waals surface area contributed by atoms with E-state index in [0.29, 0.717) is 5.16 Å². The number of hydrogen-bond donors (Lipinski definition) is 1. The highest BCUT2D eigenvalue weighted by atomic mass is 32.2. The molecule has 1 N–H and O–H groups in total. The van der Waals surface area contributed by atoms with Crippen LogP contribution in [0.2, 0.25) is 0 Å². The molecule has 0 aliphatic rings. The summed E-state index contributed by atoms with van der Waals surface area (Å²) in [6.45, 7) is 7.84. The monoisotopic (exact) mass is 366 g/mol. The third kappa shape index (κ3) is 4.14. The highest BCUT2D eigenvalue weighted by molar-refractivity contribution is 8.00. The molecule has 0 bridgehead atoms. The molecule has 1 atom stereocenters. The molecule has 0 saturated heterocycles. The van der Waals surface area contributed by atoms with Gasteiger partial charge in [-0.15, -0.1) is 10.2 Å². The molecule has 0 spiro atoms. The Hall–Kier alpha value is -2.60. The van der Waals surface area contributed by atoms with Gasteiger partial charge >= 0.3 is 0 Å². The predicted molar refractivity (Wildman–Crippen MR) is 106 cm³/mol. The molecule has 134 valence electrons. The zero-order valence-corrected chi connectivity index (χ0v) is 16.2. The van der Waals surface area contributed by atoms with E-state index in [2.05, 4.69) is 34.6 Å². The molecule has 3 aromatic rings. The Morgan fingerprint density at radius 3 is 2.46 bits per heavy atom. The standard InChI is InChI=1S/C20H22N4OS/c1-13-8-10-18(11-9-13)24-16(4)22-23-20(24)26-15(3)19(25)21-17-7-5-6-14(2)12-17/h5-12,15H,1-4H3,(H,21,25). The first-order valence-electron chi connectivity index (χ1n) is 8.47. The highest BCUT2D eigenvalue weighted by Gasteiger charge is 2.20. The normalized spacial score (nSPS) is 12.0. The first-order chi connectivity index (χ1) is 12.4. The number of carbonyl (C=O) groups is 1. The van der Waals surface area contributed by atoms with E-state index in [9.17, 15) is 4.79 Å². The molecular weight excluding hydrogens is 344 g/mol. The van der Waals surface area contributed by atoms with E-state index < -0.39 is 0 Å². The van der Waals surface area contributed by atoms with Crippen LogP contribution in [0.5, 0.6) is 0 Å². The van der Waals surface area contributed by atoms with Gasteiger partial charge in [0.15, 0.2) is 5.16 Å². The number of nitrogens with one attached hydrogen (secondary N) is 1. The summed E-state index contributed by atoms with van der Waals surface area (Å²) in [4.78, 5) is 12.5. The van der Waals surface area contributed by atoms with Crippen LogP contribution in [0.3, 0.4) is 0 Å². The van der Waals surface area contributed by atoms with Crippen LogP contribution in [0.4, 0.5) is 5.69 Å². The topological polar surface area (TPSA) is 59.8 Å². The molecule has 3 rings (SSSR count). The van der Waals surface area contributed by atoms with Crippen LogP contribution in [0.25, 0.3) is 5.69 Å². The summed E-state index contributed by atoms with van der Waals surface area (Å²) in [7, 11) is 0. The van der Waals surface area contributed by atoms with Gasteiger partial charge in [-0.05, 0) is 57.5 Å². The number of benzene rings is 2. The maximum atomic E-state index is 12.5. The molecule has 6 heteroatoms. The van der Waals surface area contributed by atoms with Crippen molar-refractivity contribution in [3.05, 3.63) is 65.5 Å². The molecule has 1 amide bonds. The smallest absolute Gasteiger partial charge is 0.237 e. The molecule has 0 aliphatic carbocycles. The minimum absolute atomic E-state index is 0.0586. The van der Waals surface area contributed by atoms with Crippen molar-refractivity contribution < 1.29 is 4.79 Å². The van der Waals surface area contributed by atoms with Crippen LogP contribution in [0.1, 0.15) is 23.9 Å². The van der Waals surface area contributed by atoms with Crippen molar-refractivity contribution in [3.63, 3.8) is 0 Å². The molecule has 1 heterocycles. The Morgan fingerprint density at radius 1 is 1.04 bits per heavy atom. The largest absolute Gasteiger partial charge is 0.325 e. The lowest BCUT2D eigenvalue weighted by atomic mass is 10.2. The summed E-state index contributed by atoms with van der Waals surface area (Å²) in [5.74, 6) is 0.736. The zero-order valence-electron chi connectivity index (χ0n) is 15.4. The number of anilines is 1. The minimum atomic E-state index is -0.302. The maximum Gasteiger partial charge on any atom is 0.237 e. The van der Waals surface area contributed by atoms with Crippen molar-refractivity contribution in [1.82, 2.24) is 14.8 Å². The third-order valence-corrected chi connectivity index (χ3v) is 5.07. The Morgan fingerprint density at radius 2 is 1.77 bits per heavy atom. The highest BCUT2D eigenvalue weighted by Crippen LogP contribution is 2.26. The molecule has 5 nitrogen and oxygen atoms in total. The van der Waals surface area contributed by atoms with E-state index in [1.54, 1.807) is 0 Å². The van der Waals surface area contributed by atoms with Gasteiger partial charge in [-0.3, -0.25) is 9.36 Å². The predicted octanol–water partition coefficient (Wildman–Crippen LogP) is 4.31. The van der Waals surface area contributed by atoms with Gasteiger partial charge in [0.05, 0.1) is 5.25 Å². The zero-order chi connectivity index (χ0) is 18.7. The number of rotatable bonds is 5. The fourth-order valence-corrected chi connectivity index (χ4v) is 3.50. The molecule has 2 aromatic carbocycles. The van der Waals surface area contributed by atoms with Crippen molar-refractivity contribution >= 4 is 23.4 Å². The first kappa shape index (κ1) is 18.2. The van der Waals surface area contributed by atoms with Gasteiger partial charge in [0.25, 0.3) is 0 Å². The maximum absolute atomic E-state index is 12.5. The van der Waals surface area contributed by atoms with Crippen LogP contribution < -0.4 is 5.32 Å². The van der Waals surface area contributed by atoms with Crippen molar-refractivity contribution in [3.8, 4) is 5.69 Å². The SMILES string of the molecule is Cc1ccc(-n2c(C)nnc2SC(C)C(=O)Nc2cccc(C)c2)cc1. The summed E-state index contributed by atoms with van der Waals surface area (Å²) in [6, 6.07) is 15.9. The summed E-state index contributed by atoms with van der Waals surface area (Å²) in [5.41, 5.74) is 4.10. The average Bonchev–Trinajstić information content (AvgIpc) is 2.96. The van der Waals surface area contributed by atoms with Gasteiger partial charge in [0, 0.05) is 11.4 Å². The van der Waals surface area contributed by atoms with E-state index in [4.69, 9.17) is 0 Å². The minimum Gasteiger partial charge on any atom is -0.325 e. The Kier molecular flexibility index (Phi) is 5.42. The van der Waals surface area contributed by atoms with Crippen LogP contribution >= 0.6 is 11.8 Å². The fraction of sp³-hybridized carbons (Fsp3) is 0.250. The second-order valence-corrected chi connectivity index (χ2v) is 7.63. The molecule has 0 aliphatic heterocycles. The van der Waals surface area contributed by atoms with Gasteiger partial charge < -0.3 is 5.32 Å². The second-order valence-electron chi connectivity index (χ2n) is 6.32. The number of carbonyl (C=O) groups excluding carboxylic acids is 1. The number of aryl methyl sites for hydroxylation is 3. The van der Waals surface area contributed by atoms with Crippen molar-refractivity contribution in [2.75, 3.05) is 5.32 Å². The lowest BCUT2D eigenvalue weighted by Crippen LogP contribution is -2.23. The van der Waals surface area contributed by atoms with Gasteiger partial charge in [-0.2, -0.15) is 0 Å². The summed E-state index contributed by atoms with van der Waals surface area (Å²) >= 11 is 1.40. The lowest BCUT2D eigenvalue weighted by Gasteiger charge is -2.13. The van der Waals surface area contributed by atoms with Crippen molar-refractivity contribution in [2.45, 2.75) is 38.1 Å². The number of thioether (sulfide) groups is 1. The number of hydrogen-bond acceptors (Lipinski definition) is 4. The van der Waals surface area contributed by atoms with Crippen LogP contribution in [-0.4, -0.2) is 25.9 Å². The first-order valence-corrected chi connectivity index (χ1v) is 9.35. The summed E-state index contributed by atoms with van der Waals surface area (Å²) in [5, 5.41) is 11.8. The number of amides is 1. The Bertz CT molecular complexity index is 918. The number of aromatic nitrogens is 3. The Balaban J connectivity index is 1.76. The van der Waals surface area contributed by atoms with Gasteiger partial charge in [-0.1, -0.05) is 41.6 Å². The van der Waals surface area contributed by atoms with Gasteiger partial charge in [0.2, 0.25) is 5.91 Å². The van der Waals surface area contributed by atoms with E-state index in [-0.39, 0.29) is 11.2 Å². The molecule has 1 unspecified atom stereocenters. The van der Waals surface area contributed by atoms with Crippen LogP contribution in [-0.2, 0) is 4.79 Å². The van der Waals surface area contributed by atoms with Crippen molar-refractivity contribution in [1.29, 1.82) is 0 Å². The third-order valence-electron chi connectivity index (χ3n) is 4.02. The molecule has 0 fully saturated rings. The van der Waals surface area contributed by atoms with E-state index in [1.807, 2.05) is 61.7 Å². The average molecular weight is 366 g/mol. The van der Waals surface area contributed by atoms with E-state index in [0.717, 1.165) is 22.8 Å². The Labute approximate surface area is 157 Å². The van der Waals surface area contributed by atoms with E-state index >= 15 is 0 Å². The molecule has 0 saturated carbocycles. The van der Waals surface area contributed by atoms with Crippen LogP contribution in [0, 0.1) is 20.8 Å². The molecular formula is C20H22N4OS.